The molecule has 0 spiro atoms. The van der Waals surface area contributed by atoms with Crippen LogP contribution in [0.4, 0.5) is 9.59 Å². The van der Waals surface area contributed by atoms with E-state index < -0.39 is 29.6 Å². The lowest BCUT2D eigenvalue weighted by molar-refractivity contribution is -0.127. The number of rotatable bonds is 6. The third-order valence-electron chi connectivity index (χ3n) is 3.44. The fourth-order valence-corrected chi connectivity index (χ4v) is 2.12. The highest BCUT2D eigenvalue weighted by Crippen LogP contribution is 2.08. The first-order valence-electron chi connectivity index (χ1n) is 9.34. The summed E-state index contributed by atoms with van der Waals surface area (Å²) in [6.45, 7) is 10.7. The van der Waals surface area contributed by atoms with Gasteiger partial charge in [0, 0.05) is 18.1 Å². The molecule has 0 bridgehead atoms. The standard InChI is InChI=1S/C20H30N4O5/c1-12(2)22-18(27)21-11-14-7-9-15(10-8-14)17(26)29-13(3)16(25)23-19(28)24-20(4,5)6/h7-10,12-13H,11H2,1-6H3,(H2,21,22,27)(H2,23,24,25,28)/t13-/m1/s1. The molecule has 0 saturated heterocycles. The van der Waals surface area contributed by atoms with Crippen molar-refractivity contribution in [2.24, 2.45) is 0 Å². The molecule has 9 heteroatoms. The molecule has 0 unspecified atom stereocenters. The van der Waals surface area contributed by atoms with Gasteiger partial charge in [0.2, 0.25) is 0 Å². The second kappa shape index (κ2) is 10.4. The highest BCUT2D eigenvalue weighted by atomic mass is 16.5. The first-order chi connectivity index (χ1) is 13.4. The number of urea groups is 2. The average Bonchev–Trinajstić information content (AvgIpc) is 2.57. The van der Waals surface area contributed by atoms with Crippen LogP contribution in [0, 0.1) is 0 Å². The van der Waals surface area contributed by atoms with Crippen LogP contribution in [0.15, 0.2) is 24.3 Å². The first kappa shape index (κ1) is 23.9. The Bertz CT molecular complexity index is 738. The topological polar surface area (TPSA) is 126 Å². The van der Waals surface area contributed by atoms with Crippen LogP contribution < -0.4 is 21.3 Å². The number of hydrogen-bond acceptors (Lipinski definition) is 5. The maximum absolute atomic E-state index is 12.2. The van der Waals surface area contributed by atoms with Crippen LogP contribution in [0.3, 0.4) is 0 Å². The maximum Gasteiger partial charge on any atom is 0.338 e. The highest BCUT2D eigenvalue weighted by molar-refractivity contribution is 5.98. The molecule has 0 radical (unpaired) electrons. The summed E-state index contributed by atoms with van der Waals surface area (Å²) in [7, 11) is 0. The monoisotopic (exact) mass is 406 g/mol. The molecule has 160 valence electrons. The number of amides is 5. The van der Waals surface area contributed by atoms with Crippen molar-refractivity contribution in [3.8, 4) is 0 Å². The molecular formula is C20H30N4O5. The van der Waals surface area contributed by atoms with E-state index in [-0.39, 0.29) is 17.6 Å². The van der Waals surface area contributed by atoms with Crippen molar-refractivity contribution in [1.29, 1.82) is 0 Å². The Morgan fingerprint density at radius 3 is 2.07 bits per heavy atom. The Labute approximate surface area is 170 Å². The van der Waals surface area contributed by atoms with Crippen LogP contribution in [0.5, 0.6) is 0 Å². The Morgan fingerprint density at radius 2 is 1.55 bits per heavy atom. The van der Waals surface area contributed by atoms with E-state index in [1.165, 1.54) is 19.1 Å². The number of carbonyl (C=O) groups is 4. The fraction of sp³-hybridized carbons (Fsp3) is 0.500. The third kappa shape index (κ3) is 9.59. The number of nitrogens with one attached hydrogen (secondary N) is 4. The summed E-state index contributed by atoms with van der Waals surface area (Å²) in [5.74, 6) is -1.42. The normalized spacial score (nSPS) is 12.0. The molecule has 4 N–H and O–H groups in total. The van der Waals surface area contributed by atoms with Crippen molar-refractivity contribution in [1.82, 2.24) is 21.3 Å². The van der Waals surface area contributed by atoms with Crippen molar-refractivity contribution in [2.45, 2.75) is 65.8 Å². The summed E-state index contributed by atoms with van der Waals surface area (Å²) in [4.78, 5) is 47.5. The lowest BCUT2D eigenvalue weighted by Gasteiger charge is -2.21. The van der Waals surface area contributed by atoms with Gasteiger partial charge in [-0.2, -0.15) is 0 Å². The minimum absolute atomic E-state index is 0.0332. The van der Waals surface area contributed by atoms with Gasteiger partial charge < -0.3 is 20.7 Å². The average molecular weight is 406 g/mol. The summed E-state index contributed by atoms with van der Waals surface area (Å²) in [5, 5.41) is 10.1. The van der Waals surface area contributed by atoms with Gasteiger partial charge >= 0.3 is 18.0 Å². The highest BCUT2D eigenvalue weighted by Gasteiger charge is 2.22. The van der Waals surface area contributed by atoms with Crippen LogP contribution in [0.2, 0.25) is 0 Å². The van der Waals surface area contributed by atoms with Crippen molar-refractivity contribution < 1.29 is 23.9 Å². The van der Waals surface area contributed by atoms with Gasteiger partial charge in [0.15, 0.2) is 6.10 Å². The van der Waals surface area contributed by atoms with E-state index in [2.05, 4.69) is 21.3 Å². The molecule has 1 aromatic carbocycles. The summed E-state index contributed by atoms with van der Waals surface area (Å²) >= 11 is 0. The van der Waals surface area contributed by atoms with Gasteiger partial charge in [-0.1, -0.05) is 12.1 Å². The minimum Gasteiger partial charge on any atom is -0.449 e. The predicted molar refractivity (Wildman–Crippen MR) is 108 cm³/mol. The van der Waals surface area contributed by atoms with Crippen LogP contribution in [-0.2, 0) is 16.1 Å². The Kier molecular flexibility index (Phi) is 8.62. The molecule has 0 aliphatic heterocycles. The van der Waals surface area contributed by atoms with E-state index in [9.17, 15) is 19.2 Å². The van der Waals surface area contributed by atoms with Gasteiger partial charge in [0.25, 0.3) is 5.91 Å². The predicted octanol–water partition coefficient (Wildman–Crippen LogP) is 2.06. The summed E-state index contributed by atoms with van der Waals surface area (Å²) in [6, 6.07) is 5.52. The quantitative estimate of drug-likeness (QED) is 0.538. The lowest BCUT2D eigenvalue weighted by Crippen LogP contribution is -2.50. The maximum atomic E-state index is 12.2. The van der Waals surface area contributed by atoms with Gasteiger partial charge in [-0.3, -0.25) is 10.1 Å². The van der Waals surface area contributed by atoms with Gasteiger partial charge in [-0.15, -0.1) is 0 Å². The van der Waals surface area contributed by atoms with E-state index in [0.29, 0.717) is 6.54 Å². The zero-order chi connectivity index (χ0) is 22.2. The number of hydrogen-bond donors (Lipinski definition) is 4. The summed E-state index contributed by atoms with van der Waals surface area (Å²) in [5.41, 5.74) is 0.542. The smallest absolute Gasteiger partial charge is 0.338 e. The molecular weight excluding hydrogens is 376 g/mol. The number of imide groups is 1. The van der Waals surface area contributed by atoms with E-state index in [1.54, 1.807) is 32.9 Å². The van der Waals surface area contributed by atoms with Crippen molar-refractivity contribution in [3.63, 3.8) is 0 Å². The Hall–Kier alpha value is -3.10. The molecule has 5 amide bonds. The second-order valence-electron chi connectivity index (χ2n) is 7.92. The molecule has 9 nitrogen and oxygen atoms in total. The number of esters is 1. The van der Waals surface area contributed by atoms with E-state index in [1.807, 2.05) is 13.8 Å². The van der Waals surface area contributed by atoms with E-state index in [4.69, 9.17) is 4.74 Å². The van der Waals surface area contributed by atoms with Crippen molar-refractivity contribution >= 4 is 23.9 Å². The first-order valence-corrected chi connectivity index (χ1v) is 9.34. The van der Waals surface area contributed by atoms with Crippen molar-refractivity contribution in [2.75, 3.05) is 0 Å². The molecule has 0 heterocycles. The number of ether oxygens (including phenoxy) is 1. The molecule has 1 rings (SSSR count). The molecule has 0 saturated carbocycles. The van der Waals surface area contributed by atoms with Crippen LogP contribution in [0.25, 0.3) is 0 Å². The SMILES string of the molecule is CC(C)NC(=O)NCc1ccc(C(=O)O[C@H](C)C(=O)NC(=O)NC(C)(C)C)cc1. The molecule has 1 aromatic rings. The van der Waals surface area contributed by atoms with Gasteiger partial charge in [-0.25, -0.2) is 14.4 Å². The molecule has 0 aliphatic rings. The van der Waals surface area contributed by atoms with Crippen LogP contribution in [-0.4, -0.2) is 41.6 Å². The zero-order valence-corrected chi connectivity index (χ0v) is 17.7. The van der Waals surface area contributed by atoms with Gasteiger partial charge in [0.1, 0.15) is 0 Å². The fourth-order valence-electron chi connectivity index (χ4n) is 2.12. The number of benzene rings is 1. The number of carbonyl (C=O) groups excluding carboxylic acids is 4. The van der Waals surface area contributed by atoms with Gasteiger partial charge in [-0.05, 0) is 59.2 Å². The molecule has 0 aromatic heterocycles. The molecule has 0 fully saturated rings. The van der Waals surface area contributed by atoms with E-state index >= 15 is 0 Å². The zero-order valence-electron chi connectivity index (χ0n) is 17.7. The summed E-state index contributed by atoms with van der Waals surface area (Å²) < 4.78 is 5.10. The minimum atomic E-state index is -1.14. The lowest BCUT2D eigenvalue weighted by atomic mass is 10.1. The van der Waals surface area contributed by atoms with Crippen LogP contribution >= 0.6 is 0 Å². The molecule has 1 atom stereocenters. The summed E-state index contributed by atoms with van der Waals surface area (Å²) in [6.07, 6.45) is -1.14. The van der Waals surface area contributed by atoms with Crippen LogP contribution in [0.1, 0.15) is 57.5 Å². The van der Waals surface area contributed by atoms with Crippen molar-refractivity contribution in [3.05, 3.63) is 35.4 Å². The molecule has 29 heavy (non-hydrogen) atoms. The van der Waals surface area contributed by atoms with E-state index in [0.717, 1.165) is 5.56 Å². The third-order valence-corrected chi connectivity index (χ3v) is 3.44. The Balaban J connectivity index is 2.54. The largest absolute Gasteiger partial charge is 0.449 e. The van der Waals surface area contributed by atoms with Gasteiger partial charge in [0.05, 0.1) is 5.56 Å². The second-order valence-corrected chi connectivity index (χ2v) is 7.92. The Morgan fingerprint density at radius 1 is 0.966 bits per heavy atom. The molecule has 0 aliphatic carbocycles.